The molecule has 0 aliphatic carbocycles. The van der Waals surface area contributed by atoms with E-state index in [2.05, 4.69) is 15.4 Å². The monoisotopic (exact) mass is 311 g/mol. The van der Waals surface area contributed by atoms with Crippen LogP contribution in [-0.4, -0.2) is 33.5 Å². The summed E-state index contributed by atoms with van der Waals surface area (Å²) in [5.41, 5.74) is 1.35. The summed E-state index contributed by atoms with van der Waals surface area (Å²) >= 11 is 0. The van der Waals surface area contributed by atoms with E-state index in [-0.39, 0.29) is 16.8 Å². The lowest BCUT2D eigenvalue weighted by atomic mass is 10.1. The van der Waals surface area contributed by atoms with Gasteiger partial charge >= 0.3 is 0 Å². The molecule has 1 amide bonds. The quantitative estimate of drug-likeness (QED) is 0.773. The molecule has 0 bridgehead atoms. The van der Waals surface area contributed by atoms with Crippen LogP contribution in [0.4, 0.5) is 5.69 Å². The van der Waals surface area contributed by atoms with Crippen molar-refractivity contribution < 1.29 is 13.2 Å². The van der Waals surface area contributed by atoms with Crippen molar-refractivity contribution in [3.63, 3.8) is 0 Å². The summed E-state index contributed by atoms with van der Waals surface area (Å²) in [6.07, 6.45) is 1.56. The fraction of sp³-hybridized carbons (Fsp3) is 0.500. The summed E-state index contributed by atoms with van der Waals surface area (Å²) in [7, 11) is -3.56. The first-order chi connectivity index (χ1) is 9.88. The number of aryl methyl sites for hydroxylation is 1. The van der Waals surface area contributed by atoms with Crippen molar-refractivity contribution in [3.8, 4) is 0 Å². The minimum atomic E-state index is -3.56. The molecule has 0 saturated carbocycles. The Morgan fingerprint density at radius 1 is 1.29 bits per heavy atom. The van der Waals surface area contributed by atoms with Gasteiger partial charge in [-0.2, -0.15) is 0 Å². The van der Waals surface area contributed by atoms with Crippen molar-refractivity contribution in [1.29, 1.82) is 0 Å². The molecule has 3 N–H and O–H groups in total. The highest BCUT2D eigenvalue weighted by Gasteiger charge is 2.22. The SMILES string of the molecule is CC(=O)Nc1cc(S(=O)(=O)NC2CCNCC2)ccc1C. The topological polar surface area (TPSA) is 87.3 Å². The largest absolute Gasteiger partial charge is 0.326 e. The fourth-order valence-corrected chi connectivity index (χ4v) is 3.65. The first-order valence-electron chi connectivity index (χ1n) is 7.00. The standard InChI is InChI=1S/C14H21N3O3S/c1-10-3-4-13(9-14(10)16-11(2)18)21(19,20)17-12-5-7-15-8-6-12/h3-4,9,12,15,17H,5-8H2,1-2H3,(H,16,18). The summed E-state index contributed by atoms with van der Waals surface area (Å²) in [5.74, 6) is -0.223. The number of hydrogen-bond acceptors (Lipinski definition) is 4. The molecule has 1 fully saturated rings. The molecule has 7 heteroatoms. The van der Waals surface area contributed by atoms with E-state index in [1.54, 1.807) is 12.1 Å². The lowest BCUT2D eigenvalue weighted by Crippen LogP contribution is -2.42. The zero-order valence-corrected chi connectivity index (χ0v) is 13.1. The predicted molar refractivity (Wildman–Crippen MR) is 81.7 cm³/mol. The number of carbonyl (C=O) groups excluding carboxylic acids is 1. The Balaban J connectivity index is 2.20. The number of sulfonamides is 1. The summed E-state index contributed by atoms with van der Waals surface area (Å²) in [6.45, 7) is 4.85. The van der Waals surface area contributed by atoms with Gasteiger partial charge in [-0.1, -0.05) is 6.07 Å². The Kier molecular flexibility index (Phi) is 4.97. The van der Waals surface area contributed by atoms with E-state index in [4.69, 9.17) is 0 Å². The highest BCUT2D eigenvalue weighted by molar-refractivity contribution is 7.89. The number of hydrogen-bond donors (Lipinski definition) is 3. The number of carbonyl (C=O) groups is 1. The molecule has 0 atom stereocenters. The lowest BCUT2D eigenvalue weighted by Gasteiger charge is -2.23. The zero-order valence-electron chi connectivity index (χ0n) is 12.3. The van der Waals surface area contributed by atoms with E-state index in [0.717, 1.165) is 31.5 Å². The second-order valence-corrected chi connectivity index (χ2v) is 7.02. The number of amides is 1. The molecular weight excluding hydrogens is 290 g/mol. The van der Waals surface area contributed by atoms with Crippen LogP contribution in [0.2, 0.25) is 0 Å². The average molecular weight is 311 g/mol. The van der Waals surface area contributed by atoms with E-state index in [9.17, 15) is 13.2 Å². The minimum Gasteiger partial charge on any atom is -0.326 e. The fourth-order valence-electron chi connectivity index (χ4n) is 2.32. The molecule has 2 rings (SSSR count). The molecule has 1 aliphatic heterocycles. The average Bonchev–Trinajstić information content (AvgIpc) is 2.41. The number of piperidine rings is 1. The second-order valence-electron chi connectivity index (χ2n) is 5.30. The van der Waals surface area contributed by atoms with Crippen molar-refractivity contribution in [3.05, 3.63) is 23.8 Å². The van der Waals surface area contributed by atoms with Crippen molar-refractivity contribution >= 4 is 21.6 Å². The van der Waals surface area contributed by atoms with E-state index < -0.39 is 10.0 Å². The molecule has 1 aromatic carbocycles. The number of anilines is 1. The van der Waals surface area contributed by atoms with E-state index in [1.165, 1.54) is 13.0 Å². The number of benzene rings is 1. The highest BCUT2D eigenvalue weighted by Crippen LogP contribution is 2.21. The molecule has 0 aromatic heterocycles. The Bertz CT molecular complexity index is 622. The van der Waals surface area contributed by atoms with Crippen molar-refractivity contribution in [1.82, 2.24) is 10.0 Å². The third kappa shape index (κ3) is 4.26. The maximum atomic E-state index is 12.4. The van der Waals surface area contributed by atoms with Crippen LogP contribution in [0.1, 0.15) is 25.3 Å². The molecule has 1 saturated heterocycles. The van der Waals surface area contributed by atoms with E-state index >= 15 is 0 Å². The smallest absolute Gasteiger partial charge is 0.240 e. The van der Waals surface area contributed by atoms with Crippen molar-refractivity contribution in [2.75, 3.05) is 18.4 Å². The van der Waals surface area contributed by atoms with E-state index in [1.807, 2.05) is 6.92 Å². The maximum absolute atomic E-state index is 12.4. The minimum absolute atomic E-state index is 0.0400. The van der Waals surface area contributed by atoms with Gasteiger partial charge in [-0.25, -0.2) is 13.1 Å². The number of nitrogens with one attached hydrogen (secondary N) is 3. The molecular formula is C14H21N3O3S. The summed E-state index contributed by atoms with van der Waals surface area (Å²) in [6, 6.07) is 4.72. The van der Waals surface area contributed by atoms with E-state index in [0.29, 0.717) is 5.69 Å². The summed E-state index contributed by atoms with van der Waals surface area (Å²) in [5, 5.41) is 5.84. The van der Waals surface area contributed by atoms with Crippen LogP contribution in [0.25, 0.3) is 0 Å². The van der Waals surface area contributed by atoms with Gasteiger partial charge in [0.2, 0.25) is 15.9 Å². The van der Waals surface area contributed by atoms with Gasteiger partial charge in [0.25, 0.3) is 0 Å². The predicted octanol–water partition coefficient (Wildman–Crippen LogP) is 0.984. The maximum Gasteiger partial charge on any atom is 0.240 e. The first kappa shape index (κ1) is 15.9. The van der Waals surface area contributed by atoms with Crippen LogP contribution >= 0.6 is 0 Å². The van der Waals surface area contributed by atoms with Gasteiger partial charge in [0, 0.05) is 18.7 Å². The third-order valence-corrected chi connectivity index (χ3v) is 5.01. The van der Waals surface area contributed by atoms with Crippen LogP contribution in [0.5, 0.6) is 0 Å². The van der Waals surface area contributed by atoms with Gasteiger partial charge in [-0.3, -0.25) is 4.79 Å². The zero-order chi connectivity index (χ0) is 15.5. The molecule has 0 spiro atoms. The molecule has 6 nitrogen and oxygen atoms in total. The molecule has 116 valence electrons. The molecule has 0 unspecified atom stereocenters. The van der Waals surface area contributed by atoms with Crippen LogP contribution in [-0.2, 0) is 14.8 Å². The summed E-state index contributed by atoms with van der Waals surface area (Å²) in [4.78, 5) is 11.3. The Hall–Kier alpha value is -1.44. The van der Waals surface area contributed by atoms with Gasteiger partial charge in [0.05, 0.1) is 4.90 Å². The molecule has 1 aromatic rings. The van der Waals surface area contributed by atoms with Crippen LogP contribution < -0.4 is 15.4 Å². The number of rotatable bonds is 4. The highest BCUT2D eigenvalue weighted by atomic mass is 32.2. The second kappa shape index (κ2) is 6.55. The Morgan fingerprint density at radius 3 is 2.57 bits per heavy atom. The Morgan fingerprint density at radius 2 is 1.95 bits per heavy atom. The lowest BCUT2D eigenvalue weighted by molar-refractivity contribution is -0.114. The molecule has 1 heterocycles. The Labute approximate surface area is 125 Å². The normalized spacial score (nSPS) is 16.7. The van der Waals surface area contributed by atoms with Crippen LogP contribution in [0.15, 0.2) is 23.1 Å². The van der Waals surface area contributed by atoms with Gasteiger partial charge in [-0.05, 0) is 50.6 Å². The molecule has 1 aliphatic rings. The molecule has 0 radical (unpaired) electrons. The van der Waals surface area contributed by atoms with Crippen LogP contribution in [0, 0.1) is 6.92 Å². The van der Waals surface area contributed by atoms with Crippen molar-refractivity contribution in [2.45, 2.75) is 37.6 Å². The van der Waals surface area contributed by atoms with Gasteiger partial charge in [-0.15, -0.1) is 0 Å². The summed E-state index contributed by atoms with van der Waals surface area (Å²) < 4.78 is 27.5. The van der Waals surface area contributed by atoms with Crippen molar-refractivity contribution in [2.24, 2.45) is 0 Å². The first-order valence-corrected chi connectivity index (χ1v) is 8.48. The van der Waals surface area contributed by atoms with Crippen LogP contribution in [0.3, 0.4) is 0 Å². The third-order valence-electron chi connectivity index (χ3n) is 3.49. The molecule has 21 heavy (non-hydrogen) atoms. The van der Waals surface area contributed by atoms with Gasteiger partial charge in [0.1, 0.15) is 0 Å². The van der Waals surface area contributed by atoms with Gasteiger partial charge in [0.15, 0.2) is 0 Å². The van der Waals surface area contributed by atoms with Gasteiger partial charge < -0.3 is 10.6 Å².